The number of hydrogen-bond donors (Lipinski definition) is 1. The van der Waals surface area contributed by atoms with Gasteiger partial charge in [-0.05, 0) is 18.2 Å². The molecule has 8 nitrogen and oxygen atoms in total. The van der Waals surface area contributed by atoms with Gasteiger partial charge in [-0.25, -0.2) is 18.4 Å². The lowest BCUT2D eigenvalue weighted by molar-refractivity contribution is -0.0418. The summed E-state index contributed by atoms with van der Waals surface area (Å²) in [4.78, 5) is 4.95. The summed E-state index contributed by atoms with van der Waals surface area (Å²) >= 11 is 0. The molecule has 2 heterocycles. The summed E-state index contributed by atoms with van der Waals surface area (Å²) in [6.45, 7) is 1.47. The summed E-state index contributed by atoms with van der Waals surface area (Å²) < 4.78 is 28.8. The second-order valence-corrected chi connectivity index (χ2v) is 5.07. The molecule has 0 saturated carbocycles. The molecule has 0 unspecified atom stereocenters. The van der Waals surface area contributed by atoms with E-state index in [1.807, 2.05) is 0 Å². The minimum absolute atomic E-state index is 0.0980. The van der Waals surface area contributed by atoms with Crippen molar-refractivity contribution in [2.45, 2.75) is 25.1 Å². The molecule has 0 aliphatic carbocycles. The molecular weight excluding hydrogens is 308 g/mol. The largest absolute Gasteiger partial charge is 0.381 e. The molecule has 3 rings (SSSR count). The van der Waals surface area contributed by atoms with Crippen molar-refractivity contribution in [3.8, 4) is 0 Å². The molecule has 1 aromatic carbocycles. The van der Waals surface area contributed by atoms with Crippen LogP contribution in [0, 0.1) is 11.6 Å². The van der Waals surface area contributed by atoms with E-state index in [9.17, 15) is 13.9 Å². The number of tetrazole rings is 1. The highest BCUT2D eigenvalue weighted by molar-refractivity contribution is 5.26. The summed E-state index contributed by atoms with van der Waals surface area (Å²) in [6.07, 6.45) is 3.88. The Kier molecular flexibility index (Phi) is 3.82. The lowest BCUT2D eigenvalue weighted by atomic mass is 9.86. The van der Waals surface area contributed by atoms with Crippen molar-refractivity contribution >= 4 is 0 Å². The van der Waals surface area contributed by atoms with E-state index in [0.717, 1.165) is 10.9 Å². The standard InChI is InChI=1S/C13H13F2N7O/c1-9(22-19-7-17-20-22)13(23,5-21-8-16-6-18-21)11-3-2-10(14)4-12(11)15/h2-4,6-9,23H,5H2,1H3/t9-,13-/m1/s1. The number of nitrogens with zero attached hydrogens (tertiary/aromatic N) is 7. The quantitative estimate of drug-likeness (QED) is 0.743. The molecule has 10 heteroatoms. The molecule has 0 amide bonds. The maximum Gasteiger partial charge on any atom is 0.162 e. The van der Waals surface area contributed by atoms with E-state index in [0.29, 0.717) is 6.07 Å². The Hall–Kier alpha value is -2.75. The zero-order valence-electron chi connectivity index (χ0n) is 12.1. The van der Waals surface area contributed by atoms with Crippen LogP contribution >= 0.6 is 0 Å². The van der Waals surface area contributed by atoms with Crippen molar-refractivity contribution in [3.63, 3.8) is 0 Å². The van der Waals surface area contributed by atoms with E-state index in [1.165, 1.54) is 29.7 Å². The minimum Gasteiger partial charge on any atom is -0.381 e. The maximum atomic E-state index is 14.3. The third kappa shape index (κ3) is 2.80. The fourth-order valence-corrected chi connectivity index (χ4v) is 2.39. The van der Waals surface area contributed by atoms with Gasteiger partial charge in [0.05, 0.1) is 6.54 Å². The summed E-state index contributed by atoms with van der Waals surface area (Å²) in [5.41, 5.74) is -1.90. The predicted molar refractivity (Wildman–Crippen MR) is 72.8 cm³/mol. The van der Waals surface area contributed by atoms with Gasteiger partial charge in [-0.15, -0.1) is 10.2 Å². The molecule has 0 bridgehead atoms. The maximum absolute atomic E-state index is 14.3. The van der Waals surface area contributed by atoms with Gasteiger partial charge in [-0.3, -0.25) is 0 Å². The van der Waals surface area contributed by atoms with E-state index >= 15 is 0 Å². The van der Waals surface area contributed by atoms with Gasteiger partial charge in [0.25, 0.3) is 0 Å². The molecule has 0 spiro atoms. The molecule has 0 radical (unpaired) electrons. The Bertz CT molecular complexity index is 778. The first kappa shape index (κ1) is 15.2. The highest BCUT2D eigenvalue weighted by Crippen LogP contribution is 2.35. The average Bonchev–Trinajstić information content (AvgIpc) is 3.19. The van der Waals surface area contributed by atoms with Gasteiger partial charge in [0.1, 0.15) is 35.9 Å². The molecule has 3 aromatic rings. The Morgan fingerprint density at radius 2 is 2.09 bits per heavy atom. The Morgan fingerprint density at radius 3 is 2.70 bits per heavy atom. The van der Waals surface area contributed by atoms with Crippen LogP contribution in [0.4, 0.5) is 8.78 Å². The fraction of sp³-hybridized carbons (Fsp3) is 0.308. The summed E-state index contributed by atoms with van der Waals surface area (Å²) in [5.74, 6) is -1.61. The van der Waals surface area contributed by atoms with Gasteiger partial charge >= 0.3 is 0 Å². The van der Waals surface area contributed by atoms with Gasteiger partial charge < -0.3 is 5.11 Å². The van der Waals surface area contributed by atoms with Crippen molar-refractivity contribution in [2.75, 3.05) is 0 Å². The van der Waals surface area contributed by atoms with E-state index in [-0.39, 0.29) is 12.1 Å². The topological polar surface area (TPSA) is 94.5 Å². The van der Waals surface area contributed by atoms with E-state index in [1.54, 1.807) is 6.92 Å². The first-order valence-corrected chi connectivity index (χ1v) is 6.73. The fourth-order valence-electron chi connectivity index (χ4n) is 2.39. The second kappa shape index (κ2) is 5.80. The second-order valence-electron chi connectivity index (χ2n) is 5.07. The van der Waals surface area contributed by atoms with Crippen LogP contribution in [0.5, 0.6) is 0 Å². The zero-order chi connectivity index (χ0) is 16.4. The smallest absolute Gasteiger partial charge is 0.162 e. The first-order chi connectivity index (χ1) is 11.0. The van der Waals surface area contributed by atoms with Crippen LogP contribution in [0.2, 0.25) is 0 Å². The van der Waals surface area contributed by atoms with Crippen molar-refractivity contribution in [3.05, 3.63) is 54.4 Å². The third-order valence-electron chi connectivity index (χ3n) is 3.67. The van der Waals surface area contributed by atoms with Gasteiger partial charge in [0.15, 0.2) is 6.33 Å². The van der Waals surface area contributed by atoms with Crippen LogP contribution in [-0.4, -0.2) is 40.1 Å². The average molecular weight is 321 g/mol. The van der Waals surface area contributed by atoms with Crippen molar-refractivity contribution < 1.29 is 13.9 Å². The van der Waals surface area contributed by atoms with Crippen LogP contribution in [0.25, 0.3) is 0 Å². The van der Waals surface area contributed by atoms with Crippen LogP contribution in [0.15, 0.2) is 37.2 Å². The SMILES string of the molecule is C[C@@H](n1ncnn1)[C@](O)(Cn1cncn1)c1ccc(F)cc1F. The Labute approximate surface area is 129 Å². The summed E-state index contributed by atoms with van der Waals surface area (Å²) in [7, 11) is 0. The molecule has 1 N–H and O–H groups in total. The van der Waals surface area contributed by atoms with Crippen LogP contribution in [0.3, 0.4) is 0 Å². The number of benzene rings is 1. The van der Waals surface area contributed by atoms with Gasteiger partial charge in [-0.2, -0.15) is 9.90 Å². The van der Waals surface area contributed by atoms with Gasteiger partial charge in [0, 0.05) is 11.6 Å². The minimum atomic E-state index is -1.80. The first-order valence-electron chi connectivity index (χ1n) is 6.73. The van der Waals surface area contributed by atoms with Crippen molar-refractivity contribution in [1.29, 1.82) is 0 Å². The van der Waals surface area contributed by atoms with Crippen molar-refractivity contribution in [1.82, 2.24) is 35.0 Å². The third-order valence-corrected chi connectivity index (χ3v) is 3.67. The number of aromatic nitrogens is 7. The van der Waals surface area contributed by atoms with Crippen LogP contribution in [-0.2, 0) is 12.1 Å². The Balaban J connectivity index is 2.08. The lowest BCUT2D eigenvalue weighted by Crippen LogP contribution is -2.41. The molecule has 2 atom stereocenters. The summed E-state index contributed by atoms with van der Waals surface area (Å²) in [6, 6.07) is 2.18. The predicted octanol–water partition coefficient (Wildman–Crippen LogP) is 0.692. The monoisotopic (exact) mass is 321 g/mol. The van der Waals surface area contributed by atoms with Gasteiger partial charge in [0.2, 0.25) is 0 Å². The Morgan fingerprint density at radius 1 is 1.26 bits per heavy atom. The van der Waals surface area contributed by atoms with Crippen LogP contribution in [0.1, 0.15) is 18.5 Å². The van der Waals surface area contributed by atoms with E-state index in [2.05, 4.69) is 25.5 Å². The molecule has 0 saturated heterocycles. The van der Waals surface area contributed by atoms with E-state index in [4.69, 9.17) is 0 Å². The number of hydrogen-bond acceptors (Lipinski definition) is 6. The molecule has 23 heavy (non-hydrogen) atoms. The zero-order valence-corrected chi connectivity index (χ0v) is 12.1. The molecule has 2 aromatic heterocycles. The highest BCUT2D eigenvalue weighted by atomic mass is 19.1. The molecule has 0 aliphatic rings. The summed E-state index contributed by atoms with van der Waals surface area (Å²) in [5, 5.41) is 26.3. The number of rotatable bonds is 5. The number of halogens is 2. The van der Waals surface area contributed by atoms with E-state index < -0.39 is 23.3 Å². The normalized spacial score (nSPS) is 15.3. The molecule has 120 valence electrons. The molecular formula is C13H13F2N7O. The number of aliphatic hydroxyl groups is 1. The van der Waals surface area contributed by atoms with Crippen LogP contribution < -0.4 is 0 Å². The lowest BCUT2D eigenvalue weighted by Gasteiger charge is -2.33. The molecule has 0 fully saturated rings. The van der Waals surface area contributed by atoms with Gasteiger partial charge in [-0.1, -0.05) is 6.07 Å². The molecule has 0 aliphatic heterocycles. The highest BCUT2D eigenvalue weighted by Gasteiger charge is 2.41. The van der Waals surface area contributed by atoms with Crippen molar-refractivity contribution in [2.24, 2.45) is 0 Å².